The molecule has 0 atom stereocenters. The van der Waals surface area contributed by atoms with E-state index < -0.39 is 14.9 Å². The van der Waals surface area contributed by atoms with Crippen LogP contribution in [0.1, 0.15) is 0 Å². The van der Waals surface area contributed by atoms with Crippen molar-refractivity contribution in [2.45, 2.75) is 3.36 Å². The van der Waals surface area contributed by atoms with E-state index in [1.165, 1.54) is 5.75 Å². The first kappa shape index (κ1) is 13.8. The van der Waals surface area contributed by atoms with Gasteiger partial charge in [0.25, 0.3) is 0 Å². The molecule has 0 unspecified atom stereocenters. The van der Waals surface area contributed by atoms with Gasteiger partial charge >= 0.3 is 3.36 Å². The molecule has 0 saturated carbocycles. The molecule has 0 fully saturated rings. The van der Waals surface area contributed by atoms with Gasteiger partial charge in [-0.3, -0.25) is 10.1 Å². The maximum atomic E-state index is 9.80. The molecule has 1 rings (SSSR count). The van der Waals surface area contributed by atoms with Crippen LogP contribution in [-0.2, 0) is 0 Å². The van der Waals surface area contributed by atoms with Crippen LogP contribution < -0.4 is 0 Å². The average Bonchev–Trinajstić information content (AvgIpc) is 2.61. The molecule has 4 nitrogen and oxygen atoms in total. The minimum atomic E-state index is -1.56. The van der Waals surface area contributed by atoms with Crippen LogP contribution in [0, 0.1) is 10.1 Å². The first-order chi connectivity index (χ1) is 6.00. The molecule has 13 heavy (non-hydrogen) atoms. The smallest absolute Gasteiger partial charge is 0.349 e. The van der Waals surface area contributed by atoms with Crippen LogP contribution in [0.5, 0.6) is 0 Å². The van der Waals surface area contributed by atoms with E-state index in [9.17, 15) is 10.1 Å². The Morgan fingerprint density at radius 3 is 2.38 bits per heavy atom. The monoisotopic (exact) mass is 351 g/mol. The molecule has 0 spiro atoms. The molecule has 0 bridgehead atoms. The molecule has 8 heteroatoms. The fourth-order valence-corrected chi connectivity index (χ4v) is 1.83. The Morgan fingerprint density at radius 1 is 1.69 bits per heavy atom. The molecule has 1 aliphatic rings. The standard InChI is InChI=1S/C3H4S2.C2H3Br2NO3/c1-2-4-5-3-1;3-2(4,1-6)5(7)8/h1-2H,3H2;6H,1H2. The maximum Gasteiger partial charge on any atom is 0.349 e. The molecule has 0 saturated heterocycles. The summed E-state index contributed by atoms with van der Waals surface area (Å²) >= 11 is 5.23. The summed E-state index contributed by atoms with van der Waals surface area (Å²) in [5, 5.41) is 20.1. The van der Waals surface area contributed by atoms with Gasteiger partial charge in [0.2, 0.25) is 0 Å². The van der Waals surface area contributed by atoms with Crippen LogP contribution >= 0.6 is 53.4 Å². The van der Waals surface area contributed by atoms with E-state index in [1.54, 1.807) is 0 Å². The highest BCUT2D eigenvalue weighted by Gasteiger charge is 2.34. The second-order valence-corrected chi connectivity index (χ2v) is 7.84. The van der Waals surface area contributed by atoms with Crippen molar-refractivity contribution in [2.24, 2.45) is 0 Å². The second-order valence-electron chi connectivity index (χ2n) is 1.83. The van der Waals surface area contributed by atoms with Gasteiger partial charge in [0, 0.05) is 37.6 Å². The van der Waals surface area contributed by atoms with Crippen LogP contribution in [0.4, 0.5) is 0 Å². The number of alkyl halides is 2. The predicted molar refractivity (Wildman–Crippen MR) is 63.9 cm³/mol. The zero-order valence-corrected chi connectivity index (χ0v) is 11.2. The number of aliphatic hydroxyl groups is 1. The van der Waals surface area contributed by atoms with Crippen molar-refractivity contribution in [1.29, 1.82) is 0 Å². The SMILES string of the molecule is C1=CSSC1.O=[N+]([O-])C(Br)(Br)CO. The molecule has 1 aliphatic heterocycles. The minimum absolute atomic E-state index is 0.583. The van der Waals surface area contributed by atoms with Gasteiger partial charge < -0.3 is 5.11 Å². The van der Waals surface area contributed by atoms with Crippen LogP contribution in [-0.4, -0.2) is 25.7 Å². The summed E-state index contributed by atoms with van der Waals surface area (Å²) in [6, 6.07) is 0. The lowest BCUT2D eigenvalue weighted by Gasteiger charge is -2.05. The molecule has 0 radical (unpaired) electrons. The van der Waals surface area contributed by atoms with Crippen molar-refractivity contribution in [3.8, 4) is 0 Å². The lowest BCUT2D eigenvalue weighted by atomic mass is 10.7. The number of nitrogens with zero attached hydrogens (tertiary/aromatic N) is 1. The van der Waals surface area contributed by atoms with E-state index in [4.69, 9.17) is 5.11 Å². The highest BCUT2D eigenvalue weighted by atomic mass is 79.9. The lowest BCUT2D eigenvalue weighted by Crippen LogP contribution is -2.27. The summed E-state index contributed by atoms with van der Waals surface area (Å²) in [7, 11) is 3.69. The third kappa shape index (κ3) is 6.78. The normalized spacial score (nSPS) is 15.0. The molecule has 1 heterocycles. The molecular formula is C5H7Br2NO3S2. The minimum Gasteiger partial charge on any atom is -0.387 e. The van der Waals surface area contributed by atoms with Crippen LogP contribution in [0.2, 0.25) is 0 Å². The topological polar surface area (TPSA) is 63.4 Å². The molecule has 0 aromatic heterocycles. The fourth-order valence-electron chi connectivity index (χ4n) is 0.254. The summed E-state index contributed by atoms with van der Waals surface area (Å²) in [6.07, 6.45) is 2.16. The van der Waals surface area contributed by atoms with Gasteiger partial charge in [-0.1, -0.05) is 27.7 Å². The number of rotatable bonds is 2. The summed E-state index contributed by atoms with van der Waals surface area (Å²) in [4.78, 5) is 9.13. The third-order valence-electron chi connectivity index (χ3n) is 0.841. The number of nitro groups is 1. The van der Waals surface area contributed by atoms with E-state index in [-0.39, 0.29) is 0 Å². The number of aliphatic hydroxyl groups excluding tert-OH is 1. The highest BCUT2D eigenvalue weighted by molar-refractivity contribution is 9.25. The van der Waals surface area contributed by atoms with E-state index in [2.05, 4.69) is 43.3 Å². The van der Waals surface area contributed by atoms with Gasteiger partial charge in [0.05, 0.1) is 4.92 Å². The highest BCUT2D eigenvalue weighted by Crippen LogP contribution is 2.27. The van der Waals surface area contributed by atoms with Crippen LogP contribution in [0.15, 0.2) is 11.5 Å². The Kier molecular flexibility index (Phi) is 7.52. The number of hydrogen-bond acceptors (Lipinski definition) is 5. The fraction of sp³-hybridized carbons (Fsp3) is 0.600. The Labute approximate surface area is 100 Å². The van der Waals surface area contributed by atoms with Crippen molar-refractivity contribution in [1.82, 2.24) is 0 Å². The van der Waals surface area contributed by atoms with Gasteiger partial charge in [-0.05, 0) is 5.41 Å². The summed E-state index contributed by atoms with van der Waals surface area (Å²) in [5.74, 6) is 1.20. The van der Waals surface area contributed by atoms with Crippen molar-refractivity contribution in [2.75, 3.05) is 12.4 Å². The summed E-state index contributed by atoms with van der Waals surface area (Å²) in [6.45, 7) is -0.583. The maximum absolute atomic E-state index is 9.80. The van der Waals surface area contributed by atoms with Crippen LogP contribution in [0.3, 0.4) is 0 Å². The van der Waals surface area contributed by atoms with E-state index in [0.29, 0.717) is 0 Å². The van der Waals surface area contributed by atoms with Crippen molar-refractivity contribution in [3.05, 3.63) is 21.6 Å². The zero-order chi connectivity index (χ0) is 10.3. The number of hydrogen-bond donors (Lipinski definition) is 1. The van der Waals surface area contributed by atoms with E-state index in [0.717, 1.165) is 0 Å². The van der Waals surface area contributed by atoms with Gasteiger partial charge in [0.1, 0.15) is 6.61 Å². The molecule has 0 aliphatic carbocycles. The van der Waals surface area contributed by atoms with E-state index in [1.807, 2.05) is 21.6 Å². The second kappa shape index (κ2) is 7.10. The summed E-state index contributed by atoms with van der Waals surface area (Å²) in [5.41, 5.74) is 0. The molecule has 1 N–H and O–H groups in total. The van der Waals surface area contributed by atoms with Gasteiger partial charge in [-0.15, -0.1) is 0 Å². The van der Waals surface area contributed by atoms with Crippen molar-refractivity contribution >= 4 is 53.4 Å². The Bertz CT molecular complexity index is 194. The Balaban J connectivity index is 0.000000243. The predicted octanol–water partition coefficient (Wildman–Crippen LogP) is 2.59. The number of halogens is 2. The zero-order valence-electron chi connectivity index (χ0n) is 6.35. The van der Waals surface area contributed by atoms with Crippen LogP contribution in [0.25, 0.3) is 0 Å². The van der Waals surface area contributed by atoms with Crippen molar-refractivity contribution in [3.63, 3.8) is 0 Å². The summed E-state index contributed by atoms with van der Waals surface area (Å²) < 4.78 is -1.56. The molecule has 0 aromatic carbocycles. The van der Waals surface area contributed by atoms with Crippen molar-refractivity contribution < 1.29 is 10.0 Å². The molecule has 0 aromatic rings. The average molecular weight is 353 g/mol. The first-order valence-electron chi connectivity index (χ1n) is 3.07. The molecule has 76 valence electrons. The Morgan fingerprint density at radius 2 is 2.31 bits per heavy atom. The van der Waals surface area contributed by atoms with Gasteiger partial charge in [0.15, 0.2) is 0 Å². The van der Waals surface area contributed by atoms with E-state index >= 15 is 0 Å². The first-order valence-corrected chi connectivity index (χ1v) is 7.04. The Hall–Kier alpha value is 0.760. The van der Waals surface area contributed by atoms with Gasteiger partial charge in [-0.25, -0.2) is 0 Å². The third-order valence-corrected chi connectivity index (χ3v) is 3.84. The van der Waals surface area contributed by atoms with Gasteiger partial charge in [-0.2, -0.15) is 0 Å². The molecular weight excluding hydrogens is 346 g/mol. The largest absolute Gasteiger partial charge is 0.387 e. The quantitative estimate of drug-likeness (QED) is 0.272. The lowest BCUT2D eigenvalue weighted by molar-refractivity contribution is -0.507. The molecule has 0 amide bonds.